The summed E-state index contributed by atoms with van der Waals surface area (Å²) in [5, 5.41) is 0. The highest BCUT2D eigenvalue weighted by Crippen LogP contribution is 2.38. The van der Waals surface area contributed by atoms with E-state index in [1.807, 2.05) is 18.2 Å². The van der Waals surface area contributed by atoms with Gasteiger partial charge in [-0.25, -0.2) is 13.8 Å². The molecule has 7 nitrogen and oxygen atoms in total. The van der Waals surface area contributed by atoms with Crippen LogP contribution in [0.1, 0.15) is 58.7 Å². The number of benzene rings is 1. The van der Waals surface area contributed by atoms with Crippen LogP contribution < -0.4 is 4.31 Å². The summed E-state index contributed by atoms with van der Waals surface area (Å²) in [6.45, 7) is 8.47. The monoisotopic (exact) mass is 498 g/mol. The van der Waals surface area contributed by atoms with E-state index in [2.05, 4.69) is 25.3 Å². The summed E-state index contributed by atoms with van der Waals surface area (Å²) < 4.78 is 63.5. The molecule has 1 aromatic heterocycles. The minimum absolute atomic E-state index is 0.0260. The van der Waals surface area contributed by atoms with Gasteiger partial charge in [-0.3, -0.25) is 4.31 Å². The molecular formula is C24H36F2N4O3S. The second-order valence-corrected chi connectivity index (χ2v) is 12.5. The molecule has 0 amide bonds. The molecule has 2 aromatic rings. The fourth-order valence-corrected chi connectivity index (χ4v) is 6.23. The molecule has 190 valence electrons. The molecule has 2 heterocycles. The molecule has 4 rings (SSSR count). The van der Waals surface area contributed by atoms with E-state index in [9.17, 15) is 17.2 Å². The summed E-state index contributed by atoms with van der Waals surface area (Å²) >= 11 is 0. The summed E-state index contributed by atoms with van der Waals surface area (Å²) in [4.78, 5) is 4.90. The van der Waals surface area contributed by atoms with Crippen molar-refractivity contribution >= 4 is 26.9 Å². The lowest BCUT2D eigenvalue weighted by Gasteiger charge is -2.31. The lowest BCUT2D eigenvalue weighted by molar-refractivity contribution is -0.0468. The average Bonchev–Trinajstić information content (AvgIpc) is 3.17. The quantitative estimate of drug-likeness (QED) is 0.586. The number of hydrogen-bond donors (Lipinski definition) is 0. The summed E-state index contributed by atoms with van der Waals surface area (Å²) in [5.41, 5.74) is 2.01. The van der Waals surface area contributed by atoms with Crippen molar-refractivity contribution in [2.45, 2.75) is 70.8 Å². The molecule has 1 aliphatic carbocycles. The van der Waals surface area contributed by atoms with E-state index in [1.165, 1.54) is 8.61 Å². The van der Waals surface area contributed by atoms with Gasteiger partial charge >= 0.3 is 10.2 Å². The van der Waals surface area contributed by atoms with Gasteiger partial charge in [0.2, 0.25) is 5.92 Å². The van der Waals surface area contributed by atoms with Gasteiger partial charge in [-0.05, 0) is 43.4 Å². The van der Waals surface area contributed by atoms with Crippen molar-refractivity contribution in [3.8, 4) is 0 Å². The van der Waals surface area contributed by atoms with Gasteiger partial charge in [0.1, 0.15) is 5.82 Å². The number of fused-ring (bicyclic) bond motifs is 1. The van der Waals surface area contributed by atoms with Crippen molar-refractivity contribution < 1.29 is 21.9 Å². The van der Waals surface area contributed by atoms with Gasteiger partial charge in [0, 0.05) is 44.9 Å². The van der Waals surface area contributed by atoms with Gasteiger partial charge in [0.25, 0.3) is 0 Å². The molecular weight excluding hydrogens is 462 g/mol. The van der Waals surface area contributed by atoms with Crippen LogP contribution in [0.25, 0.3) is 11.0 Å². The summed E-state index contributed by atoms with van der Waals surface area (Å²) in [6.07, 6.45) is 1.89. The number of alkyl halides is 2. The van der Waals surface area contributed by atoms with Crippen LogP contribution in [-0.2, 0) is 26.9 Å². The molecule has 0 N–H and O–H groups in total. The number of aryl methyl sites for hydroxylation is 1. The van der Waals surface area contributed by atoms with Gasteiger partial charge < -0.3 is 9.30 Å². The fraction of sp³-hybridized carbons (Fsp3) is 0.708. The zero-order valence-electron chi connectivity index (χ0n) is 20.6. The Morgan fingerprint density at radius 3 is 2.44 bits per heavy atom. The Labute approximate surface area is 201 Å². The molecule has 0 unspecified atom stereocenters. The molecule has 0 bridgehead atoms. The number of anilines is 1. The van der Waals surface area contributed by atoms with Crippen molar-refractivity contribution in [3.05, 3.63) is 24.0 Å². The standard InChI is InChI=1S/C24H36F2N4O3S/c1-23(2,3)22-27-20-17-19(28(4)34(31,32)29-13-15-33-16-14-29)5-6-21(20)30(22)12-9-18-7-10-24(25,26)11-8-18/h5-6,17-18H,7-16H2,1-4H3. The van der Waals surface area contributed by atoms with E-state index in [0.29, 0.717) is 51.4 Å². The van der Waals surface area contributed by atoms with E-state index >= 15 is 0 Å². The van der Waals surface area contributed by atoms with E-state index in [0.717, 1.165) is 23.3 Å². The Balaban J connectivity index is 1.59. The Morgan fingerprint density at radius 2 is 1.82 bits per heavy atom. The Bertz CT molecular complexity index is 1110. The Morgan fingerprint density at radius 1 is 1.18 bits per heavy atom. The van der Waals surface area contributed by atoms with E-state index in [-0.39, 0.29) is 24.2 Å². The fourth-order valence-electron chi connectivity index (χ4n) is 4.90. The molecule has 2 aliphatic rings. The minimum Gasteiger partial charge on any atom is -0.379 e. The first kappa shape index (κ1) is 25.3. The highest BCUT2D eigenvalue weighted by molar-refractivity contribution is 7.90. The van der Waals surface area contributed by atoms with Crippen LogP contribution >= 0.6 is 0 Å². The number of nitrogens with zero attached hydrogens (tertiary/aromatic N) is 4. The number of rotatable bonds is 6. The van der Waals surface area contributed by atoms with Gasteiger partial charge in [-0.1, -0.05) is 20.8 Å². The molecule has 34 heavy (non-hydrogen) atoms. The first-order valence-corrected chi connectivity index (χ1v) is 13.5. The zero-order valence-corrected chi connectivity index (χ0v) is 21.4. The van der Waals surface area contributed by atoms with Crippen molar-refractivity contribution in [2.24, 2.45) is 5.92 Å². The maximum atomic E-state index is 13.6. The highest BCUT2D eigenvalue weighted by Gasteiger charge is 2.35. The van der Waals surface area contributed by atoms with Crippen molar-refractivity contribution in [3.63, 3.8) is 0 Å². The van der Waals surface area contributed by atoms with Crippen molar-refractivity contribution in [1.29, 1.82) is 0 Å². The van der Waals surface area contributed by atoms with E-state index < -0.39 is 16.1 Å². The predicted octanol–water partition coefficient (Wildman–Crippen LogP) is 4.56. The molecule has 0 radical (unpaired) electrons. The molecule has 10 heteroatoms. The van der Waals surface area contributed by atoms with Crippen molar-refractivity contribution in [2.75, 3.05) is 37.7 Å². The smallest absolute Gasteiger partial charge is 0.303 e. The molecule has 0 atom stereocenters. The van der Waals surface area contributed by atoms with Crippen LogP contribution in [0.4, 0.5) is 14.5 Å². The summed E-state index contributed by atoms with van der Waals surface area (Å²) in [6, 6.07) is 5.56. The largest absolute Gasteiger partial charge is 0.379 e. The van der Waals surface area contributed by atoms with Gasteiger partial charge in [-0.15, -0.1) is 0 Å². The van der Waals surface area contributed by atoms with Gasteiger partial charge in [0.05, 0.1) is 29.9 Å². The third-order valence-electron chi connectivity index (χ3n) is 7.01. The SMILES string of the molecule is CN(c1ccc2c(c1)nc(C(C)(C)C)n2CCC1CCC(F)(F)CC1)S(=O)(=O)N1CCOCC1. The van der Waals surface area contributed by atoms with Gasteiger partial charge in [-0.2, -0.15) is 12.7 Å². The highest BCUT2D eigenvalue weighted by atomic mass is 32.2. The number of aromatic nitrogens is 2. The molecule has 2 fully saturated rings. The second kappa shape index (κ2) is 9.35. The number of ether oxygens (including phenoxy) is 1. The van der Waals surface area contributed by atoms with Crippen LogP contribution in [0.15, 0.2) is 18.2 Å². The minimum atomic E-state index is -3.66. The van der Waals surface area contributed by atoms with Gasteiger partial charge in [0.15, 0.2) is 0 Å². The second-order valence-electron chi connectivity index (χ2n) is 10.6. The molecule has 1 saturated carbocycles. The third-order valence-corrected chi connectivity index (χ3v) is 8.93. The lowest BCUT2D eigenvalue weighted by atomic mass is 9.84. The number of halogens is 2. The van der Waals surface area contributed by atoms with Crippen LogP contribution in [-0.4, -0.2) is 61.5 Å². The number of hydrogen-bond acceptors (Lipinski definition) is 4. The lowest BCUT2D eigenvalue weighted by Crippen LogP contribution is -2.47. The Kier molecular flexibility index (Phi) is 6.96. The van der Waals surface area contributed by atoms with E-state index in [4.69, 9.17) is 9.72 Å². The predicted molar refractivity (Wildman–Crippen MR) is 130 cm³/mol. The first-order chi connectivity index (χ1) is 15.9. The zero-order chi connectivity index (χ0) is 24.7. The molecule has 1 saturated heterocycles. The molecule has 1 aliphatic heterocycles. The normalized spacial score (nSPS) is 20.6. The molecule has 0 spiro atoms. The van der Waals surface area contributed by atoms with Crippen LogP contribution in [0.2, 0.25) is 0 Å². The summed E-state index contributed by atoms with van der Waals surface area (Å²) in [5.74, 6) is -1.31. The van der Waals surface area contributed by atoms with E-state index in [1.54, 1.807) is 7.05 Å². The first-order valence-electron chi connectivity index (χ1n) is 12.1. The van der Waals surface area contributed by atoms with Crippen LogP contribution in [0.5, 0.6) is 0 Å². The average molecular weight is 499 g/mol. The number of morpholine rings is 1. The number of imidazole rings is 1. The molecule has 1 aromatic carbocycles. The third kappa shape index (κ3) is 5.23. The Hall–Kier alpha value is -1.78. The summed E-state index contributed by atoms with van der Waals surface area (Å²) in [7, 11) is -2.10. The topological polar surface area (TPSA) is 67.7 Å². The van der Waals surface area contributed by atoms with Crippen LogP contribution in [0, 0.1) is 5.92 Å². The van der Waals surface area contributed by atoms with Crippen LogP contribution in [0.3, 0.4) is 0 Å². The maximum absolute atomic E-state index is 13.6. The van der Waals surface area contributed by atoms with Crippen molar-refractivity contribution in [1.82, 2.24) is 13.9 Å². The maximum Gasteiger partial charge on any atom is 0.303 e.